The van der Waals surface area contributed by atoms with Gasteiger partial charge in [-0.3, -0.25) is 4.79 Å². The van der Waals surface area contributed by atoms with Crippen molar-refractivity contribution in [2.45, 2.75) is 38.4 Å². The maximum absolute atomic E-state index is 12.9. The van der Waals surface area contributed by atoms with Crippen molar-refractivity contribution in [2.75, 3.05) is 19.6 Å². The SMILES string of the molecule is O=C1N(Cc2cccc(C(F)(F)F)c2)CCCC12CCCNC2. The van der Waals surface area contributed by atoms with Crippen LogP contribution in [0.15, 0.2) is 24.3 Å². The van der Waals surface area contributed by atoms with Crippen LogP contribution in [0.1, 0.15) is 36.8 Å². The second-order valence-corrected chi connectivity index (χ2v) is 6.59. The molecule has 0 saturated carbocycles. The zero-order chi connectivity index (χ0) is 16.5. The highest BCUT2D eigenvalue weighted by molar-refractivity contribution is 5.84. The molecule has 1 spiro atoms. The van der Waals surface area contributed by atoms with E-state index in [0.29, 0.717) is 18.7 Å². The van der Waals surface area contributed by atoms with Gasteiger partial charge in [0.15, 0.2) is 0 Å². The van der Waals surface area contributed by atoms with Crippen molar-refractivity contribution >= 4 is 5.91 Å². The van der Waals surface area contributed by atoms with E-state index in [-0.39, 0.29) is 17.9 Å². The Balaban J connectivity index is 1.76. The van der Waals surface area contributed by atoms with Crippen molar-refractivity contribution in [2.24, 2.45) is 5.41 Å². The first-order valence-electron chi connectivity index (χ1n) is 8.07. The largest absolute Gasteiger partial charge is 0.416 e. The van der Waals surface area contributed by atoms with E-state index in [0.717, 1.165) is 44.4 Å². The minimum atomic E-state index is -4.35. The number of rotatable bonds is 2. The predicted octanol–water partition coefficient (Wildman–Crippen LogP) is 3.20. The van der Waals surface area contributed by atoms with Crippen LogP contribution in [0.4, 0.5) is 13.2 Å². The van der Waals surface area contributed by atoms with E-state index >= 15 is 0 Å². The normalized spacial score (nSPS) is 25.9. The number of hydrogen-bond acceptors (Lipinski definition) is 2. The van der Waals surface area contributed by atoms with Crippen molar-refractivity contribution in [1.82, 2.24) is 10.2 Å². The van der Waals surface area contributed by atoms with Crippen LogP contribution in [0, 0.1) is 5.41 Å². The highest BCUT2D eigenvalue weighted by Crippen LogP contribution is 2.38. The van der Waals surface area contributed by atoms with Gasteiger partial charge < -0.3 is 10.2 Å². The van der Waals surface area contributed by atoms with Crippen LogP contribution >= 0.6 is 0 Å². The third-order valence-corrected chi connectivity index (χ3v) is 4.92. The van der Waals surface area contributed by atoms with Crippen LogP contribution in [0.3, 0.4) is 0 Å². The van der Waals surface area contributed by atoms with Crippen LogP contribution < -0.4 is 5.32 Å². The van der Waals surface area contributed by atoms with Gasteiger partial charge in [0.25, 0.3) is 0 Å². The molecule has 23 heavy (non-hydrogen) atoms. The Labute approximate surface area is 133 Å². The number of hydrogen-bond donors (Lipinski definition) is 1. The van der Waals surface area contributed by atoms with Crippen molar-refractivity contribution in [1.29, 1.82) is 0 Å². The molecule has 0 aromatic heterocycles. The molecule has 126 valence electrons. The summed E-state index contributed by atoms with van der Waals surface area (Å²) in [4.78, 5) is 14.6. The lowest BCUT2D eigenvalue weighted by Gasteiger charge is -2.44. The second-order valence-electron chi connectivity index (χ2n) is 6.59. The first-order chi connectivity index (χ1) is 10.9. The van der Waals surface area contributed by atoms with Crippen LogP contribution in [0.2, 0.25) is 0 Å². The molecule has 0 radical (unpaired) electrons. The number of carbonyl (C=O) groups is 1. The van der Waals surface area contributed by atoms with E-state index in [9.17, 15) is 18.0 Å². The lowest BCUT2D eigenvalue weighted by molar-refractivity contribution is -0.148. The average molecular weight is 326 g/mol. The van der Waals surface area contributed by atoms with Crippen molar-refractivity contribution in [3.8, 4) is 0 Å². The van der Waals surface area contributed by atoms with Crippen LogP contribution in [-0.4, -0.2) is 30.4 Å². The molecule has 1 amide bonds. The Bertz CT molecular complexity index is 574. The van der Waals surface area contributed by atoms with Crippen LogP contribution in [0.5, 0.6) is 0 Å². The summed E-state index contributed by atoms with van der Waals surface area (Å²) < 4.78 is 38.5. The maximum atomic E-state index is 12.9. The monoisotopic (exact) mass is 326 g/mol. The van der Waals surface area contributed by atoms with Gasteiger partial charge in [-0.25, -0.2) is 0 Å². The molecule has 2 aliphatic heterocycles. The fraction of sp³-hybridized carbons (Fsp3) is 0.588. The van der Waals surface area contributed by atoms with Crippen LogP contribution in [0.25, 0.3) is 0 Å². The Morgan fingerprint density at radius 1 is 1.22 bits per heavy atom. The summed E-state index contributed by atoms with van der Waals surface area (Å²) in [5.41, 5.74) is -0.472. The lowest BCUT2D eigenvalue weighted by Crippen LogP contribution is -2.54. The molecule has 3 rings (SSSR count). The van der Waals surface area contributed by atoms with Gasteiger partial charge in [0.1, 0.15) is 0 Å². The molecule has 2 saturated heterocycles. The molecule has 0 bridgehead atoms. The number of nitrogens with zero attached hydrogens (tertiary/aromatic N) is 1. The third-order valence-electron chi connectivity index (χ3n) is 4.92. The quantitative estimate of drug-likeness (QED) is 0.905. The first kappa shape index (κ1) is 16.3. The summed E-state index contributed by atoms with van der Waals surface area (Å²) in [7, 11) is 0. The molecule has 3 nitrogen and oxygen atoms in total. The molecule has 1 N–H and O–H groups in total. The van der Waals surface area contributed by atoms with Crippen molar-refractivity contribution in [3.05, 3.63) is 35.4 Å². The Kier molecular flexibility index (Phi) is 4.36. The minimum Gasteiger partial charge on any atom is -0.338 e. The fourth-order valence-corrected chi connectivity index (χ4v) is 3.73. The number of alkyl halides is 3. The Morgan fingerprint density at radius 3 is 2.70 bits per heavy atom. The molecule has 1 atom stereocenters. The molecule has 6 heteroatoms. The average Bonchev–Trinajstić information content (AvgIpc) is 2.53. The fourth-order valence-electron chi connectivity index (χ4n) is 3.73. The molecule has 1 aromatic rings. The Morgan fingerprint density at radius 2 is 2.00 bits per heavy atom. The van der Waals surface area contributed by atoms with Gasteiger partial charge in [-0.2, -0.15) is 13.2 Å². The third kappa shape index (κ3) is 3.37. The van der Waals surface area contributed by atoms with Gasteiger partial charge >= 0.3 is 6.18 Å². The highest BCUT2D eigenvalue weighted by Gasteiger charge is 2.44. The summed E-state index contributed by atoms with van der Waals surface area (Å²) in [5.74, 6) is 0.0911. The van der Waals surface area contributed by atoms with E-state index in [4.69, 9.17) is 0 Å². The number of nitrogens with one attached hydrogen (secondary N) is 1. The van der Waals surface area contributed by atoms with Gasteiger partial charge in [0, 0.05) is 19.6 Å². The smallest absolute Gasteiger partial charge is 0.338 e. The van der Waals surface area contributed by atoms with Gasteiger partial charge in [0.05, 0.1) is 11.0 Å². The van der Waals surface area contributed by atoms with Crippen LogP contribution in [-0.2, 0) is 17.5 Å². The topological polar surface area (TPSA) is 32.3 Å². The summed E-state index contributed by atoms with van der Waals surface area (Å²) >= 11 is 0. The van der Waals surface area contributed by atoms with E-state index in [1.54, 1.807) is 11.0 Å². The first-order valence-corrected chi connectivity index (χ1v) is 8.07. The summed E-state index contributed by atoms with van der Waals surface area (Å²) in [6.45, 7) is 2.49. The van der Waals surface area contributed by atoms with Gasteiger partial charge in [0.2, 0.25) is 5.91 Å². The maximum Gasteiger partial charge on any atom is 0.416 e. The zero-order valence-electron chi connectivity index (χ0n) is 13.0. The lowest BCUT2D eigenvalue weighted by atomic mass is 9.73. The molecule has 0 aliphatic carbocycles. The minimum absolute atomic E-state index is 0.0911. The molecule has 2 fully saturated rings. The number of likely N-dealkylation sites (tertiary alicyclic amines) is 1. The van der Waals surface area contributed by atoms with E-state index < -0.39 is 11.7 Å². The second kappa shape index (κ2) is 6.15. The molecule has 1 aromatic carbocycles. The summed E-state index contributed by atoms with van der Waals surface area (Å²) in [6.07, 6.45) is -0.720. The number of carbonyl (C=O) groups excluding carboxylic acids is 1. The van der Waals surface area contributed by atoms with Crippen molar-refractivity contribution < 1.29 is 18.0 Å². The molecule has 2 heterocycles. The molecule has 1 unspecified atom stereocenters. The number of amides is 1. The Hall–Kier alpha value is -1.56. The van der Waals surface area contributed by atoms with Gasteiger partial charge in [-0.05, 0) is 49.9 Å². The van der Waals surface area contributed by atoms with Gasteiger partial charge in [-0.15, -0.1) is 0 Å². The van der Waals surface area contributed by atoms with E-state index in [1.165, 1.54) is 6.07 Å². The van der Waals surface area contributed by atoms with E-state index in [1.807, 2.05) is 0 Å². The molecular formula is C17H21F3N2O. The number of piperidine rings is 2. The molecular weight excluding hydrogens is 305 g/mol. The van der Waals surface area contributed by atoms with Gasteiger partial charge in [-0.1, -0.05) is 12.1 Å². The zero-order valence-corrected chi connectivity index (χ0v) is 13.0. The van der Waals surface area contributed by atoms with E-state index in [2.05, 4.69) is 5.32 Å². The summed E-state index contributed by atoms with van der Waals surface area (Å²) in [5, 5.41) is 3.29. The summed E-state index contributed by atoms with van der Waals surface area (Å²) in [6, 6.07) is 5.27. The molecule has 2 aliphatic rings. The van der Waals surface area contributed by atoms with Crippen molar-refractivity contribution in [3.63, 3.8) is 0 Å². The standard InChI is InChI=1S/C17H21F3N2O/c18-17(19,20)14-5-1-4-13(10-14)11-22-9-3-7-16(15(22)23)6-2-8-21-12-16/h1,4-5,10,21H,2-3,6-9,11-12H2. The number of benzene rings is 1. The highest BCUT2D eigenvalue weighted by atomic mass is 19.4. The number of halogens is 3. The predicted molar refractivity (Wildman–Crippen MR) is 80.6 cm³/mol.